The average molecular weight is 238 g/mol. The van der Waals surface area contributed by atoms with Gasteiger partial charge in [0.25, 0.3) is 0 Å². The molecular formula is C14H26N2O. The SMILES string of the molecule is CC1CCC(C)(NC(=O)C2CCC(N)C2)CC1. The first-order valence-electron chi connectivity index (χ1n) is 7.06. The minimum atomic E-state index is 0.0380. The van der Waals surface area contributed by atoms with Gasteiger partial charge in [-0.2, -0.15) is 0 Å². The first-order valence-corrected chi connectivity index (χ1v) is 7.06. The van der Waals surface area contributed by atoms with Crippen LogP contribution in [0.25, 0.3) is 0 Å². The van der Waals surface area contributed by atoms with Crippen molar-refractivity contribution in [1.29, 1.82) is 0 Å². The standard InChI is InChI=1S/C14H26N2O/c1-10-5-7-14(2,8-6-10)16-13(17)11-3-4-12(15)9-11/h10-12H,3-9,15H2,1-2H3,(H,16,17). The highest BCUT2D eigenvalue weighted by Crippen LogP contribution is 2.32. The van der Waals surface area contributed by atoms with Crippen LogP contribution in [0.2, 0.25) is 0 Å². The molecule has 2 aliphatic carbocycles. The van der Waals surface area contributed by atoms with Gasteiger partial charge in [-0.1, -0.05) is 6.92 Å². The van der Waals surface area contributed by atoms with Gasteiger partial charge >= 0.3 is 0 Å². The molecule has 0 aromatic heterocycles. The van der Waals surface area contributed by atoms with Crippen LogP contribution in [0.4, 0.5) is 0 Å². The predicted molar refractivity (Wildman–Crippen MR) is 69.5 cm³/mol. The van der Waals surface area contributed by atoms with Crippen LogP contribution in [0.15, 0.2) is 0 Å². The third-order valence-electron chi connectivity index (χ3n) is 4.65. The molecule has 0 aromatic rings. The molecule has 0 aromatic carbocycles. The average Bonchev–Trinajstić information content (AvgIpc) is 2.70. The molecule has 17 heavy (non-hydrogen) atoms. The number of carbonyl (C=O) groups excluding carboxylic acids is 1. The lowest BCUT2D eigenvalue weighted by molar-refractivity contribution is -0.127. The van der Waals surface area contributed by atoms with Crippen LogP contribution in [0.1, 0.15) is 58.8 Å². The topological polar surface area (TPSA) is 55.1 Å². The Morgan fingerprint density at radius 1 is 1.24 bits per heavy atom. The normalized spacial score (nSPS) is 42.4. The second-order valence-corrected chi connectivity index (χ2v) is 6.50. The lowest BCUT2D eigenvalue weighted by Gasteiger charge is -2.37. The zero-order chi connectivity index (χ0) is 12.5. The van der Waals surface area contributed by atoms with Gasteiger partial charge < -0.3 is 11.1 Å². The first kappa shape index (κ1) is 12.9. The Hall–Kier alpha value is -0.570. The Labute approximate surface area is 105 Å². The van der Waals surface area contributed by atoms with Gasteiger partial charge in [0.2, 0.25) is 5.91 Å². The smallest absolute Gasteiger partial charge is 0.223 e. The number of hydrogen-bond acceptors (Lipinski definition) is 2. The summed E-state index contributed by atoms with van der Waals surface area (Å²) in [6, 6.07) is 0.241. The summed E-state index contributed by atoms with van der Waals surface area (Å²) in [6.45, 7) is 4.50. The predicted octanol–water partition coefficient (Wildman–Crippen LogP) is 2.20. The summed E-state index contributed by atoms with van der Waals surface area (Å²) in [5.41, 5.74) is 5.91. The molecule has 2 fully saturated rings. The van der Waals surface area contributed by atoms with Gasteiger partial charge in [-0.15, -0.1) is 0 Å². The summed E-state index contributed by atoms with van der Waals surface area (Å²) >= 11 is 0. The first-order chi connectivity index (χ1) is 7.98. The second-order valence-electron chi connectivity index (χ2n) is 6.50. The Bertz CT molecular complexity index is 282. The van der Waals surface area contributed by atoms with E-state index >= 15 is 0 Å². The molecule has 0 bridgehead atoms. The number of nitrogens with two attached hydrogens (primary N) is 1. The maximum atomic E-state index is 12.2. The number of rotatable bonds is 2. The number of amides is 1. The summed E-state index contributed by atoms with van der Waals surface area (Å²) in [6.07, 6.45) is 7.57. The van der Waals surface area contributed by atoms with Gasteiger partial charge in [0, 0.05) is 17.5 Å². The summed E-state index contributed by atoms with van der Waals surface area (Å²) in [4.78, 5) is 12.2. The van der Waals surface area contributed by atoms with Crippen molar-refractivity contribution in [3.8, 4) is 0 Å². The number of hydrogen-bond donors (Lipinski definition) is 2. The summed E-state index contributed by atoms with van der Waals surface area (Å²) in [5, 5.41) is 3.28. The second kappa shape index (κ2) is 4.97. The lowest BCUT2D eigenvalue weighted by Crippen LogP contribution is -2.50. The largest absolute Gasteiger partial charge is 0.351 e. The van der Waals surface area contributed by atoms with Gasteiger partial charge in [-0.25, -0.2) is 0 Å². The van der Waals surface area contributed by atoms with Crippen molar-refractivity contribution in [2.24, 2.45) is 17.6 Å². The van der Waals surface area contributed by atoms with E-state index in [0.717, 1.165) is 38.0 Å². The molecule has 0 saturated heterocycles. The van der Waals surface area contributed by atoms with Crippen LogP contribution < -0.4 is 11.1 Å². The van der Waals surface area contributed by atoms with E-state index in [9.17, 15) is 4.79 Å². The fraction of sp³-hybridized carbons (Fsp3) is 0.929. The van der Waals surface area contributed by atoms with Gasteiger partial charge in [0.1, 0.15) is 0 Å². The van der Waals surface area contributed by atoms with Gasteiger partial charge in [-0.05, 0) is 57.8 Å². The molecule has 0 radical (unpaired) electrons. The molecule has 2 rings (SSSR count). The fourth-order valence-corrected chi connectivity index (χ4v) is 3.18. The minimum absolute atomic E-state index is 0.0380. The van der Waals surface area contributed by atoms with E-state index in [0.29, 0.717) is 0 Å². The Kier molecular flexibility index (Phi) is 3.76. The Balaban J connectivity index is 1.85. The molecule has 0 spiro atoms. The van der Waals surface area contributed by atoms with Crippen molar-refractivity contribution >= 4 is 5.91 Å². The van der Waals surface area contributed by atoms with Gasteiger partial charge in [0.05, 0.1) is 0 Å². The van der Waals surface area contributed by atoms with Crippen molar-refractivity contribution in [2.45, 2.75) is 70.4 Å². The molecule has 2 saturated carbocycles. The Morgan fingerprint density at radius 2 is 1.88 bits per heavy atom. The van der Waals surface area contributed by atoms with E-state index in [-0.39, 0.29) is 23.4 Å². The van der Waals surface area contributed by atoms with Crippen molar-refractivity contribution in [2.75, 3.05) is 0 Å². The summed E-state index contributed by atoms with van der Waals surface area (Å²) in [5.74, 6) is 1.23. The molecule has 2 unspecified atom stereocenters. The summed E-state index contributed by atoms with van der Waals surface area (Å²) in [7, 11) is 0. The van der Waals surface area contributed by atoms with Crippen molar-refractivity contribution in [3.63, 3.8) is 0 Å². The van der Waals surface area contributed by atoms with Crippen LogP contribution in [0.5, 0.6) is 0 Å². The lowest BCUT2D eigenvalue weighted by atomic mass is 9.78. The summed E-state index contributed by atoms with van der Waals surface area (Å²) < 4.78 is 0. The van der Waals surface area contributed by atoms with E-state index < -0.39 is 0 Å². The van der Waals surface area contributed by atoms with Gasteiger partial charge in [0.15, 0.2) is 0 Å². The highest BCUT2D eigenvalue weighted by Gasteiger charge is 2.35. The third-order valence-corrected chi connectivity index (χ3v) is 4.65. The molecule has 2 aliphatic rings. The molecular weight excluding hydrogens is 212 g/mol. The molecule has 3 heteroatoms. The van der Waals surface area contributed by atoms with E-state index in [4.69, 9.17) is 5.73 Å². The van der Waals surface area contributed by atoms with Crippen molar-refractivity contribution in [3.05, 3.63) is 0 Å². The van der Waals surface area contributed by atoms with Crippen molar-refractivity contribution in [1.82, 2.24) is 5.32 Å². The van der Waals surface area contributed by atoms with E-state index in [1.165, 1.54) is 12.8 Å². The highest BCUT2D eigenvalue weighted by molar-refractivity contribution is 5.79. The fourth-order valence-electron chi connectivity index (χ4n) is 3.18. The van der Waals surface area contributed by atoms with Crippen LogP contribution in [-0.4, -0.2) is 17.5 Å². The molecule has 1 amide bonds. The molecule has 0 aliphatic heterocycles. The molecule has 3 N–H and O–H groups in total. The molecule has 0 heterocycles. The highest BCUT2D eigenvalue weighted by atomic mass is 16.2. The number of nitrogens with one attached hydrogen (secondary N) is 1. The van der Waals surface area contributed by atoms with Crippen LogP contribution in [-0.2, 0) is 4.79 Å². The van der Waals surface area contributed by atoms with Crippen LogP contribution >= 0.6 is 0 Å². The zero-order valence-electron chi connectivity index (χ0n) is 11.2. The quantitative estimate of drug-likeness (QED) is 0.775. The maximum absolute atomic E-state index is 12.2. The van der Waals surface area contributed by atoms with E-state index in [2.05, 4.69) is 19.2 Å². The zero-order valence-corrected chi connectivity index (χ0v) is 11.2. The monoisotopic (exact) mass is 238 g/mol. The van der Waals surface area contributed by atoms with Gasteiger partial charge in [-0.3, -0.25) is 4.79 Å². The van der Waals surface area contributed by atoms with E-state index in [1.807, 2.05) is 0 Å². The molecule has 3 nitrogen and oxygen atoms in total. The molecule has 98 valence electrons. The Morgan fingerprint density at radius 3 is 2.41 bits per heavy atom. The maximum Gasteiger partial charge on any atom is 0.223 e. The van der Waals surface area contributed by atoms with Crippen LogP contribution in [0, 0.1) is 11.8 Å². The van der Waals surface area contributed by atoms with Crippen molar-refractivity contribution < 1.29 is 4.79 Å². The minimum Gasteiger partial charge on any atom is -0.351 e. The third kappa shape index (κ3) is 3.21. The van der Waals surface area contributed by atoms with Crippen LogP contribution in [0.3, 0.4) is 0 Å². The molecule has 2 atom stereocenters. The number of carbonyl (C=O) groups is 1. The van der Waals surface area contributed by atoms with E-state index in [1.54, 1.807) is 0 Å².